The zero-order chi connectivity index (χ0) is 12.9. The van der Waals surface area contributed by atoms with Gasteiger partial charge < -0.3 is 15.2 Å². The predicted octanol–water partition coefficient (Wildman–Crippen LogP) is 2.33. The minimum absolute atomic E-state index is 0.0749. The maximum Gasteiger partial charge on any atom is 0.0637 e. The van der Waals surface area contributed by atoms with Crippen LogP contribution in [0.3, 0.4) is 0 Å². The Labute approximate surface area is 106 Å². The van der Waals surface area contributed by atoms with Gasteiger partial charge in [-0.05, 0) is 40.0 Å². The third-order valence-electron chi connectivity index (χ3n) is 4.18. The first-order chi connectivity index (χ1) is 7.93. The number of aliphatic hydroxyl groups excluding tert-OH is 1. The lowest BCUT2D eigenvalue weighted by molar-refractivity contribution is 0.00698. The maximum absolute atomic E-state index is 9.54. The summed E-state index contributed by atoms with van der Waals surface area (Å²) in [5.74, 6) is 0. The lowest BCUT2D eigenvalue weighted by Crippen LogP contribution is -2.42. The van der Waals surface area contributed by atoms with Gasteiger partial charge in [0.2, 0.25) is 0 Å². The van der Waals surface area contributed by atoms with Gasteiger partial charge in [0.15, 0.2) is 0 Å². The molecule has 0 aliphatic heterocycles. The molecule has 102 valence electrons. The van der Waals surface area contributed by atoms with Gasteiger partial charge in [-0.2, -0.15) is 0 Å². The van der Waals surface area contributed by atoms with Gasteiger partial charge in [0.05, 0.1) is 5.60 Å². The second kappa shape index (κ2) is 6.17. The first-order valence-electron chi connectivity index (χ1n) is 6.82. The van der Waals surface area contributed by atoms with Crippen molar-refractivity contribution in [3.8, 4) is 0 Å². The topological polar surface area (TPSA) is 41.5 Å². The Kier molecular flexibility index (Phi) is 5.42. The molecule has 2 N–H and O–H groups in total. The van der Waals surface area contributed by atoms with Crippen molar-refractivity contribution in [1.82, 2.24) is 5.32 Å². The Morgan fingerprint density at radius 3 is 2.41 bits per heavy atom. The van der Waals surface area contributed by atoms with Crippen molar-refractivity contribution in [3.63, 3.8) is 0 Å². The fourth-order valence-electron chi connectivity index (χ4n) is 2.80. The molecule has 3 nitrogen and oxygen atoms in total. The molecule has 17 heavy (non-hydrogen) atoms. The SMILES string of the molecule is COC(C)(C)C[C@H](C)NCC1(CO)CCCC1. The highest BCUT2D eigenvalue weighted by atomic mass is 16.5. The van der Waals surface area contributed by atoms with Gasteiger partial charge in [0, 0.05) is 31.7 Å². The van der Waals surface area contributed by atoms with Crippen LogP contribution in [-0.4, -0.2) is 37.0 Å². The lowest BCUT2D eigenvalue weighted by atomic mass is 9.86. The average Bonchev–Trinajstić information content (AvgIpc) is 2.75. The minimum Gasteiger partial charge on any atom is -0.396 e. The molecule has 0 saturated heterocycles. The van der Waals surface area contributed by atoms with E-state index in [0.717, 1.165) is 25.8 Å². The van der Waals surface area contributed by atoms with Gasteiger partial charge >= 0.3 is 0 Å². The number of aliphatic hydroxyl groups is 1. The van der Waals surface area contributed by atoms with Crippen LogP contribution in [-0.2, 0) is 4.74 Å². The van der Waals surface area contributed by atoms with Crippen molar-refractivity contribution in [2.75, 3.05) is 20.3 Å². The first kappa shape index (κ1) is 14.9. The highest BCUT2D eigenvalue weighted by molar-refractivity contribution is 4.87. The Morgan fingerprint density at radius 2 is 1.94 bits per heavy atom. The molecular formula is C14H29NO2. The smallest absolute Gasteiger partial charge is 0.0637 e. The van der Waals surface area contributed by atoms with Gasteiger partial charge in [-0.1, -0.05) is 12.8 Å². The van der Waals surface area contributed by atoms with E-state index >= 15 is 0 Å². The number of hydrogen-bond donors (Lipinski definition) is 2. The largest absolute Gasteiger partial charge is 0.396 e. The van der Waals surface area contributed by atoms with E-state index in [1.807, 2.05) is 0 Å². The van der Waals surface area contributed by atoms with Crippen LogP contribution in [0.2, 0.25) is 0 Å². The highest BCUT2D eigenvalue weighted by Crippen LogP contribution is 2.37. The molecule has 1 rings (SSSR count). The minimum atomic E-state index is -0.0749. The van der Waals surface area contributed by atoms with Gasteiger partial charge in [0.25, 0.3) is 0 Å². The fraction of sp³-hybridized carbons (Fsp3) is 1.00. The summed E-state index contributed by atoms with van der Waals surface area (Å²) in [6.07, 6.45) is 5.85. The monoisotopic (exact) mass is 243 g/mol. The van der Waals surface area contributed by atoms with Crippen LogP contribution >= 0.6 is 0 Å². The van der Waals surface area contributed by atoms with Crippen molar-refractivity contribution in [2.45, 2.75) is 64.5 Å². The van der Waals surface area contributed by atoms with Crippen molar-refractivity contribution in [2.24, 2.45) is 5.41 Å². The molecule has 0 heterocycles. The third-order valence-corrected chi connectivity index (χ3v) is 4.18. The second-order valence-electron chi connectivity index (χ2n) is 6.32. The van der Waals surface area contributed by atoms with Crippen LogP contribution in [0.4, 0.5) is 0 Å². The molecule has 0 aromatic rings. The van der Waals surface area contributed by atoms with Crippen LogP contribution < -0.4 is 5.32 Å². The van der Waals surface area contributed by atoms with Gasteiger partial charge in [-0.15, -0.1) is 0 Å². The Hall–Kier alpha value is -0.120. The molecule has 1 saturated carbocycles. The van der Waals surface area contributed by atoms with Crippen molar-refractivity contribution in [1.29, 1.82) is 0 Å². The van der Waals surface area contributed by atoms with Crippen molar-refractivity contribution >= 4 is 0 Å². The van der Waals surface area contributed by atoms with E-state index in [2.05, 4.69) is 26.1 Å². The zero-order valence-corrected chi connectivity index (χ0v) is 11.9. The standard InChI is InChI=1S/C14H29NO2/c1-12(9-13(2,3)17-4)15-10-14(11-16)7-5-6-8-14/h12,15-16H,5-11H2,1-4H3/t12-/m0/s1. The van der Waals surface area contributed by atoms with Gasteiger partial charge in [0.1, 0.15) is 0 Å². The molecule has 0 aromatic heterocycles. The average molecular weight is 243 g/mol. The summed E-state index contributed by atoms with van der Waals surface area (Å²) < 4.78 is 5.44. The number of nitrogens with one attached hydrogen (secondary N) is 1. The van der Waals surface area contributed by atoms with E-state index in [1.165, 1.54) is 12.8 Å². The molecule has 1 fully saturated rings. The summed E-state index contributed by atoms with van der Waals surface area (Å²) >= 11 is 0. The molecular weight excluding hydrogens is 214 g/mol. The molecule has 0 amide bonds. The quantitative estimate of drug-likeness (QED) is 0.721. The highest BCUT2D eigenvalue weighted by Gasteiger charge is 2.33. The van der Waals surface area contributed by atoms with Crippen molar-refractivity contribution in [3.05, 3.63) is 0 Å². The molecule has 1 atom stereocenters. The van der Waals surface area contributed by atoms with E-state index in [1.54, 1.807) is 7.11 Å². The fourth-order valence-corrected chi connectivity index (χ4v) is 2.80. The van der Waals surface area contributed by atoms with E-state index in [4.69, 9.17) is 4.74 Å². The van der Waals surface area contributed by atoms with E-state index in [9.17, 15) is 5.11 Å². The summed E-state index contributed by atoms with van der Waals surface area (Å²) in [6.45, 7) is 7.68. The van der Waals surface area contributed by atoms with Crippen LogP contribution in [0, 0.1) is 5.41 Å². The lowest BCUT2D eigenvalue weighted by Gasteiger charge is -2.32. The van der Waals surface area contributed by atoms with Crippen LogP contribution in [0.5, 0.6) is 0 Å². The molecule has 0 spiro atoms. The molecule has 0 unspecified atom stereocenters. The van der Waals surface area contributed by atoms with Crippen molar-refractivity contribution < 1.29 is 9.84 Å². The predicted molar refractivity (Wildman–Crippen MR) is 71.2 cm³/mol. The first-order valence-corrected chi connectivity index (χ1v) is 6.82. The maximum atomic E-state index is 9.54. The molecule has 0 aromatic carbocycles. The number of rotatable bonds is 7. The Balaban J connectivity index is 2.34. The van der Waals surface area contributed by atoms with E-state index < -0.39 is 0 Å². The van der Waals surface area contributed by atoms with E-state index in [0.29, 0.717) is 12.6 Å². The summed E-state index contributed by atoms with van der Waals surface area (Å²) in [4.78, 5) is 0. The summed E-state index contributed by atoms with van der Waals surface area (Å²) in [6, 6.07) is 0.425. The van der Waals surface area contributed by atoms with Gasteiger partial charge in [-0.3, -0.25) is 0 Å². The summed E-state index contributed by atoms with van der Waals surface area (Å²) in [5.41, 5.74) is 0.0694. The Morgan fingerprint density at radius 1 is 1.35 bits per heavy atom. The number of methoxy groups -OCH3 is 1. The molecule has 3 heteroatoms. The number of ether oxygens (including phenoxy) is 1. The molecule has 1 aliphatic rings. The molecule has 1 aliphatic carbocycles. The van der Waals surface area contributed by atoms with Gasteiger partial charge in [-0.25, -0.2) is 0 Å². The zero-order valence-electron chi connectivity index (χ0n) is 11.9. The summed E-state index contributed by atoms with van der Waals surface area (Å²) in [5, 5.41) is 13.1. The summed E-state index contributed by atoms with van der Waals surface area (Å²) in [7, 11) is 1.76. The Bertz CT molecular complexity index is 222. The van der Waals surface area contributed by atoms with Crippen LogP contribution in [0.1, 0.15) is 52.9 Å². The molecule has 0 radical (unpaired) electrons. The normalized spacial score (nSPS) is 21.7. The van der Waals surface area contributed by atoms with Crippen LogP contribution in [0.15, 0.2) is 0 Å². The number of hydrogen-bond acceptors (Lipinski definition) is 3. The van der Waals surface area contributed by atoms with E-state index in [-0.39, 0.29) is 11.0 Å². The second-order valence-corrected chi connectivity index (χ2v) is 6.32. The van der Waals surface area contributed by atoms with Crippen LogP contribution in [0.25, 0.3) is 0 Å². The molecule has 0 bridgehead atoms. The third kappa shape index (κ3) is 4.57.